The number of rotatable bonds is 4. The van der Waals surface area contributed by atoms with Crippen LogP contribution >= 0.6 is 15.9 Å². The topological polar surface area (TPSA) is 40.5 Å². The molecule has 15 heavy (non-hydrogen) atoms. The summed E-state index contributed by atoms with van der Waals surface area (Å²) in [4.78, 5) is 12.4. The highest BCUT2D eigenvalue weighted by molar-refractivity contribution is 9.10. The van der Waals surface area contributed by atoms with E-state index in [1.165, 1.54) is 0 Å². The molecule has 0 radical (unpaired) electrons. The fourth-order valence-corrected chi connectivity index (χ4v) is 2.02. The number of likely N-dealkylation sites (N-methyl/N-ethyl adjacent to an activating group) is 1. The molecule has 1 rings (SSSR count). The smallest absolute Gasteiger partial charge is 0.317 e. The van der Waals surface area contributed by atoms with E-state index < -0.39 is 5.97 Å². The molecule has 0 fully saturated rings. The maximum atomic E-state index is 10.6. The van der Waals surface area contributed by atoms with Gasteiger partial charge in [-0.3, -0.25) is 9.69 Å². The molecule has 0 aliphatic heterocycles. The molecule has 1 aromatic rings. The maximum absolute atomic E-state index is 10.6. The molecule has 4 heteroatoms. The van der Waals surface area contributed by atoms with Crippen molar-refractivity contribution in [3.05, 3.63) is 34.3 Å². The number of benzene rings is 1. The van der Waals surface area contributed by atoms with Crippen molar-refractivity contribution in [3.63, 3.8) is 0 Å². The number of carboxylic acid groups (broad SMARTS) is 1. The van der Waals surface area contributed by atoms with Gasteiger partial charge in [0.15, 0.2) is 0 Å². The second-order valence-corrected chi connectivity index (χ2v) is 4.36. The highest BCUT2D eigenvalue weighted by Crippen LogP contribution is 2.26. The van der Waals surface area contributed by atoms with Crippen molar-refractivity contribution >= 4 is 21.9 Å². The van der Waals surface area contributed by atoms with Crippen molar-refractivity contribution in [2.75, 3.05) is 13.6 Å². The van der Waals surface area contributed by atoms with E-state index in [9.17, 15) is 4.79 Å². The summed E-state index contributed by atoms with van der Waals surface area (Å²) in [5, 5.41) is 8.70. The first-order chi connectivity index (χ1) is 7.02. The standard InChI is InChI=1S/C11H14BrNO2/c1-8(13(2)7-11(14)15)9-5-3-4-6-10(9)12/h3-6,8H,7H2,1-2H3,(H,14,15). The van der Waals surface area contributed by atoms with E-state index in [1.807, 2.05) is 31.2 Å². The van der Waals surface area contributed by atoms with Crippen molar-refractivity contribution in [3.8, 4) is 0 Å². The minimum atomic E-state index is -0.809. The van der Waals surface area contributed by atoms with Crippen molar-refractivity contribution in [1.82, 2.24) is 4.90 Å². The molecular weight excluding hydrogens is 258 g/mol. The predicted octanol–water partition coefficient (Wildman–Crippen LogP) is 2.53. The number of nitrogens with zero attached hydrogens (tertiary/aromatic N) is 1. The van der Waals surface area contributed by atoms with Gasteiger partial charge in [-0.1, -0.05) is 34.1 Å². The Bertz CT molecular complexity index is 354. The van der Waals surface area contributed by atoms with E-state index in [4.69, 9.17) is 5.11 Å². The van der Waals surface area contributed by atoms with Crippen LogP contribution < -0.4 is 0 Å². The summed E-state index contributed by atoms with van der Waals surface area (Å²) in [5.74, 6) is -0.809. The van der Waals surface area contributed by atoms with Crippen molar-refractivity contribution in [2.24, 2.45) is 0 Å². The summed E-state index contributed by atoms with van der Waals surface area (Å²) in [6, 6.07) is 7.92. The van der Waals surface area contributed by atoms with Gasteiger partial charge in [0, 0.05) is 10.5 Å². The average molecular weight is 272 g/mol. The van der Waals surface area contributed by atoms with Crippen LogP contribution in [0.2, 0.25) is 0 Å². The molecule has 3 nitrogen and oxygen atoms in total. The van der Waals surface area contributed by atoms with Gasteiger partial charge >= 0.3 is 5.97 Å². The lowest BCUT2D eigenvalue weighted by atomic mass is 10.1. The van der Waals surface area contributed by atoms with Crippen LogP contribution in [0.5, 0.6) is 0 Å². The Morgan fingerprint density at radius 2 is 2.13 bits per heavy atom. The highest BCUT2D eigenvalue weighted by atomic mass is 79.9. The number of carboxylic acids is 1. The van der Waals surface area contributed by atoms with Gasteiger partial charge in [-0.15, -0.1) is 0 Å². The van der Waals surface area contributed by atoms with Crippen molar-refractivity contribution in [2.45, 2.75) is 13.0 Å². The molecule has 0 bridgehead atoms. The molecule has 1 aromatic carbocycles. The number of carbonyl (C=O) groups is 1. The SMILES string of the molecule is CC(c1ccccc1Br)N(C)CC(=O)O. The summed E-state index contributed by atoms with van der Waals surface area (Å²) in [5.41, 5.74) is 1.10. The summed E-state index contributed by atoms with van der Waals surface area (Å²) in [6.45, 7) is 2.03. The van der Waals surface area contributed by atoms with E-state index in [1.54, 1.807) is 11.9 Å². The average Bonchev–Trinajstić information content (AvgIpc) is 2.16. The van der Waals surface area contributed by atoms with Crippen LogP contribution in [0.25, 0.3) is 0 Å². The first-order valence-electron chi connectivity index (χ1n) is 4.69. The minimum absolute atomic E-state index is 0.0441. The summed E-state index contributed by atoms with van der Waals surface area (Å²) in [7, 11) is 1.80. The molecule has 0 saturated heterocycles. The number of aliphatic carboxylic acids is 1. The minimum Gasteiger partial charge on any atom is -0.480 e. The quantitative estimate of drug-likeness (QED) is 0.915. The van der Waals surface area contributed by atoms with E-state index in [2.05, 4.69) is 15.9 Å². The Balaban J connectivity index is 2.80. The van der Waals surface area contributed by atoms with E-state index in [0.717, 1.165) is 10.0 Å². The van der Waals surface area contributed by atoms with Crippen molar-refractivity contribution < 1.29 is 9.90 Å². The second kappa shape index (κ2) is 5.28. The largest absolute Gasteiger partial charge is 0.480 e. The van der Waals surface area contributed by atoms with Gasteiger partial charge in [-0.2, -0.15) is 0 Å². The lowest BCUT2D eigenvalue weighted by Gasteiger charge is -2.24. The van der Waals surface area contributed by atoms with E-state index in [0.29, 0.717) is 0 Å². The van der Waals surface area contributed by atoms with Crippen LogP contribution in [-0.2, 0) is 4.79 Å². The Hall–Kier alpha value is -0.870. The lowest BCUT2D eigenvalue weighted by molar-refractivity contribution is -0.138. The molecule has 0 amide bonds. The Morgan fingerprint density at radius 1 is 1.53 bits per heavy atom. The van der Waals surface area contributed by atoms with Crippen LogP contribution in [0, 0.1) is 0 Å². The van der Waals surface area contributed by atoms with E-state index >= 15 is 0 Å². The molecular formula is C11H14BrNO2. The molecule has 82 valence electrons. The van der Waals surface area contributed by atoms with Crippen LogP contribution in [0.1, 0.15) is 18.5 Å². The monoisotopic (exact) mass is 271 g/mol. The van der Waals surface area contributed by atoms with Gasteiger partial charge in [0.05, 0.1) is 6.54 Å². The number of hydrogen-bond acceptors (Lipinski definition) is 2. The summed E-state index contributed by atoms with van der Waals surface area (Å²) in [6.07, 6.45) is 0. The zero-order valence-electron chi connectivity index (χ0n) is 8.77. The molecule has 1 atom stereocenters. The third-order valence-corrected chi connectivity index (χ3v) is 3.12. The van der Waals surface area contributed by atoms with Crippen LogP contribution in [-0.4, -0.2) is 29.6 Å². The Kier molecular flexibility index (Phi) is 4.29. The molecule has 0 aliphatic carbocycles. The van der Waals surface area contributed by atoms with Gasteiger partial charge in [0.1, 0.15) is 0 Å². The molecule has 0 aliphatic rings. The van der Waals surface area contributed by atoms with Gasteiger partial charge in [0.25, 0.3) is 0 Å². The van der Waals surface area contributed by atoms with Crippen LogP contribution in [0.15, 0.2) is 28.7 Å². The Morgan fingerprint density at radius 3 is 2.67 bits per heavy atom. The zero-order chi connectivity index (χ0) is 11.4. The first kappa shape index (κ1) is 12.2. The zero-order valence-corrected chi connectivity index (χ0v) is 10.4. The van der Waals surface area contributed by atoms with Gasteiger partial charge in [0.2, 0.25) is 0 Å². The predicted molar refractivity (Wildman–Crippen MR) is 62.8 cm³/mol. The fraction of sp³-hybridized carbons (Fsp3) is 0.364. The maximum Gasteiger partial charge on any atom is 0.317 e. The van der Waals surface area contributed by atoms with E-state index in [-0.39, 0.29) is 12.6 Å². The number of hydrogen-bond donors (Lipinski definition) is 1. The number of halogens is 1. The molecule has 1 unspecified atom stereocenters. The molecule has 0 aromatic heterocycles. The summed E-state index contributed by atoms with van der Waals surface area (Å²) >= 11 is 3.46. The van der Waals surface area contributed by atoms with Gasteiger partial charge in [-0.05, 0) is 25.6 Å². The molecule has 1 N–H and O–H groups in total. The third-order valence-electron chi connectivity index (χ3n) is 2.40. The Labute approximate surface area is 97.8 Å². The van der Waals surface area contributed by atoms with Crippen LogP contribution in [0.3, 0.4) is 0 Å². The third kappa shape index (κ3) is 3.32. The van der Waals surface area contributed by atoms with Gasteiger partial charge < -0.3 is 5.11 Å². The fourth-order valence-electron chi connectivity index (χ4n) is 1.40. The highest BCUT2D eigenvalue weighted by Gasteiger charge is 2.15. The second-order valence-electron chi connectivity index (χ2n) is 3.51. The summed E-state index contributed by atoms with van der Waals surface area (Å²) < 4.78 is 1.01. The molecule has 0 spiro atoms. The van der Waals surface area contributed by atoms with Crippen LogP contribution in [0.4, 0.5) is 0 Å². The van der Waals surface area contributed by atoms with Crippen molar-refractivity contribution in [1.29, 1.82) is 0 Å². The lowest BCUT2D eigenvalue weighted by Crippen LogP contribution is -2.28. The van der Waals surface area contributed by atoms with Gasteiger partial charge in [-0.25, -0.2) is 0 Å². The normalized spacial score (nSPS) is 12.8. The molecule has 0 saturated carbocycles. The molecule has 0 heterocycles. The first-order valence-corrected chi connectivity index (χ1v) is 5.48.